The van der Waals surface area contributed by atoms with Gasteiger partial charge in [0.25, 0.3) is 5.48 Å². The van der Waals surface area contributed by atoms with Gasteiger partial charge in [-0.3, -0.25) is 0 Å². The van der Waals surface area contributed by atoms with Gasteiger partial charge < -0.3 is 18.9 Å². The zero-order chi connectivity index (χ0) is 14.3. The molecule has 0 bridgehead atoms. The number of methoxy groups -OCH3 is 1. The highest BCUT2D eigenvalue weighted by molar-refractivity contribution is 7.51. The molecule has 6 heteroatoms. The number of carbonyl (C=O) groups is 1. The van der Waals surface area contributed by atoms with Crippen molar-refractivity contribution >= 4 is 19.2 Å². The van der Waals surface area contributed by atoms with Gasteiger partial charge in [-0.1, -0.05) is 6.58 Å². The summed E-state index contributed by atoms with van der Waals surface area (Å²) in [6.45, 7) is 5.36. The lowest BCUT2D eigenvalue weighted by Gasteiger charge is -2.30. The number of likely N-dealkylation sites (N-methyl/N-ethyl adjacent to an activating group) is 1. The number of hydrogen-bond donors (Lipinski definition) is 0. The molecule has 104 valence electrons. The lowest BCUT2D eigenvalue weighted by atomic mass is 10.3. The minimum absolute atomic E-state index is 0.00807. The van der Waals surface area contributed by atoms with Crippen molar-refractivity contribution in [3.63, 3.8) is 0 Å². The number of quaternary nitrogens is 1. The summed E-state index contributed by atoms with van der Waals surface area (Å²) in [4.78, 5) is 22.9. The van der Waals surface area contributed by atoms with Crippen LogP contribution in [0, 0.1) is 0 Å². The standard InChI is InChI=1S/C12H23NO4P/c1-7-11(14)17-8-9-18(15)12(16-6)10(2)13(3,4)5/h7,10H,1,8-9H2,2-6H3/q+1. The van der Waals surface area contributed by atoms with Gasteiger partial charge in [-0.2, -0.15) is 0 Å². The first-order valence-corrected chi connectivity index (χ1v) is 7.14. The topological polar surface area (TPSA) is 58.6 Å². The Labute approximate surface area is 110 Å². The summed E-state index contributed by atoms with van der Waals surface area (Å²) in [5.41, 5.74) is 0.548. The highest BCUT2D eigenvalue weighted by atomic mass is 31.1. The molecule has 0 fully saturated rings. The molecule has 0 saturated heterocycles. The lowest BCUT2D eigenvalue weighted by molar-refractivity contribution is -0.883. The third kappa shape index (κ3) is 5.74. The van der Waals surface area contributed by atoms with Gasteiger partial charge in [0, 0.05) is 13.2 Å². The van der Waals surface area contributed by atoms with Gasteiger partial charge in [-0.15, -0.1) is 0 Å². The third-order valence-electron chi connectivity index (χ3n) is 2.68. The minimum atomic E-state index is -1.67. The average molecular weight is 276 g/mol. The van der Waals surface area contributed by atoms with Crippen LogP contribution in [-0.2, 0) is 14.3 Å². The molecule has 0 N–H and O–H groups in total. The van der Waals surface area contributed by atoms with Gasteiger partial charge >= 0.3 is 5.97 Å². The fraction of sp³-hybridized carbons (Fsp3) is 0.667. The second kappa shape index (κ2) is 7.64. The molecule has 18 heavy (non-hydrogen) atoms. The Kier molecular flexibility index (Phi) is 7.33. The highest BCUT2D eigenvalue weighted by Gasteiger charge is 2.30. The molecule has 0 aliphatic heterocycles. The number of hydrogen-bond acceptors (Lipinski definition) is 4. The second-order valence-electron chi connectivity index (χ2n) is 4.81. The van der Waals surface area contributed by atoms with E-state index in [4.69, 9.17) is 9.47 Å². The van der Waals surface area contributed by atoms with Crippen LogP contribution in [0.2, 0.25) is 0 Å². The molecule has 0 aromatic heterocycles. The smallest absolute Gasteiger partial charge is 0.330 e. The first-order valence-electron chi connectivity index (χ1n) is 5.69. The molecule has 0 aliphatic carbocycles. The molecule has 5 nitrogen and oxygen atoms in total. The Morgan fingerprint density at radius 2 is 2.06 bits per heavy atom. The molecule has 0 rings (SSSR count). The van der Waals surface area contributed by atoms with Crippen molar-refractivity contribution in [2.24, 2.45) is 0 Å². The van der Waals surface area contributed by atoms with Crippen molar-refractivity contribution in [3.05, 3.63) is 12.7 Å². The summed E-state index contributed by atoms with van der Waals surface area (Å²) in [5.74, 6) is -0.503. The van der Waals surface area contributed by atoms with E-state index in [1.54, 1.807) is 0 Å². The van der Waals surface area contributed by atoms with E-state index in [1.807, 2.05) is 28.1 Å². The van der Waals surface area contributed by atoms with Crippen LogP contribution in [0.5, 0.6) is 0 Å². The van der Waals surface area contributed by atoms with Gasteiger partial charge in [0.15, 0.2) is 6.04 Å². The summed E-state index contributed by atoms with van der Waals surface area (Å²) in [6, 6.07) is 0.00807. The van der Waals surface area contributed by atoms with Crippen LogP contribution in [-0.4, -0.2) is 63.0 Å². The maximum Gasteiger partial charge on any atom is 0.330 e. The third-order valence-corrected chi connectivity index (χ3v) is 4.32. The number of carbonyl (C=O) groups excluding carboxylic acids is 1. The number of esters is 1. The van der Waals surface area contributed by atoms with E-state index in [2.05, 4.69) is 6.58 Å². The van der Waals surface area contributed by atoms with E-state index in [1.165, 1.54) is 7.11 Å². The van der Waals surface area contributed by atoms with Crippen molar-refractivity contribution in [2.45, 2.75) is 13.0 Å². The van der Waals surface area contributed by atoms with Crippen LogP contribution in [0.1, 0.15) is 6.92 Å². The molecule has 0 heterocycles. The molecule has 0 aromatic rings. The van der Waals surface area contributed by atoms with Crippen LogP contribution in [0.3, 0.4) is 0 Å². The van der Waals surface area contributed by atoms with E-state index >= 15 is 0 Å². The SMILES string of the molecule is C=CC(=O)OCC/[P+]([O-])=C(\OC)C(C)[N+](C)(C)C. The lowest BCUT2D eigenvalue weighted by Crippen LogP contribution is -2.48. The number of ether oxygens (including phenoxy) is 2. The van der Waals surface area contributed by atoms with Crippen molar-refractivity contribution in [2.75, 3.05) is 41.0 Å². The molecular weight excluding hydrogens is 253 g/mol. The average Bonchev–Trinajstić information content (AvgIpc) is 2.28. The fourth-order valence-electron chi connectivity index (χ4n) is 1.21. The minimum Gasteiger partial charge on any atom is -0.628 e. The van der Waals surface area contributed by atoms with E-state index < -0.39 is 13.7 Å². The predicted octanol–water partition coefficient (Wildman–Crippen LogP) is 0.344. The summed E-state index contributed by atoms with van der Waals surface area (Å²) < 4.78 is 10.7. The van der Waals surface area contributed by atoms with Crippen LogP contribution < -0.4 is 4.89 Å². The molecule has 0 spiro atoms. The van der Waals surface area contributed by atoms with Crippen molar-refractivity contribution in [1.29, 1.82) is 0 Å². The monoisotopic (exact) mass is 276 g/mol. The molecule has 0 saturated carbocycles. The predicted molar refractivity (Wildman–Crippen MR) is 72.5 cm³/mol. The van der Waals surface area contributed by atoms with Crippen molar-refractivity contribution in [3.8, 4) is 0 Å². The Morgan fingerprint density at radius 1 is 1.50 bits per heavy atom. The van der Waals surface area contributed by atoms with E-state index in [0.717, 1.165) is 6.08 Å². The molecule has 2 unspecified atom stereocenters. The summed E-state index contributed by atoms with van der Waals surface area (Å²) in [5, 5.41) is 0. The molecule has 0 amide bonds. The van der Waals surface area contributed by atoms with Crippen molar-refractivity contribution in [1.82, 2.24) is 0 Å². The second-order valence-corrected chi connectivity index (χ2v) is 6.45. The zero-order valence-electron chi connectivity index (χ0n) is 11.8. The quantitative estimate of drug-likeness (QED) is 0.291. The first-order chi connectivity index (χ1) is 8.23. The number of nitrogens with zero attached hydrogens (tertiary/aromatic N) is 1. The zero-order valence-corrected chi connectivity index (χ0v) is 12.7. The maximum absolute atomic E-state index is 12.1. The van der Waals surface area contributed by atoms with Crippen LogP contribution in [0.4, 0.5) is 0 Å². The van der Waals surface area contributed by atoms with Crippen LogP contribution in [0.15, 0.2) is 12.7 Å². The first kappa shape index (κ1) is 17.3. The van der Waals surface area contributed by atoms with Crippen LogP contribution >= 0.6 is 7.77 Å². The van der Waals surface area contributed by atoms with Gasteiger partial charge in [-0.05, 0) is 6.92 Å². The maximum atomic E-state index is 12.1. The summed E-state index contributed by atoms with van der Waals surface area (Å²) in [7, 11) is 5.87. The molecule has 2 atom stereocenters. The molecule has 0 radical (unpaired) electrons. The molecule has 0 aliphatic rings. The van der Waals surface area contributed by atoms with E-state index in [-0.39, 0.29) is 18.8 Å². The fourth-order valence-corrected chi connectivity index (χ4v) is 2.65. The Hall–Kier alpha value is -0.740. The van der Waals surface area contributed by atoms with Gasteiger partial charge in [0.05, 0.1) is 28.9 Å². The summed E-state index contributed by atoms with van der Waals surface area (Å²) in [6.07, 6.45) is 1.35. The van der Waals surface area contributed by atoms with Crippen molar-refractivity contribution < 1.29 is 23.6 Å². The Morgan fingerprint density at radius 3 is 2.44 bits per heavy atom. The normalized spacial score (nSPS) is 14.8. The molecule has 0 aromatic carbocycles. The van der Waals surface area contributed by atoms with Crippen LogP contribution in [0.25, 0.3) is 0 Å². The van der Waals surface area contributed by atoms with E-state index in [9.17, 15) is 9.69 Å². The highest BCUT2D eigenvalue weighted by Crippen LogP contribution is 2.20. The van der Waals surface area contributed by atoms with E-state index in [0.29, 0.717) is 9.96 Å². The van der Waals surface area contributed by atoms with Gasteiger partial charge in [0.1, 0.15) is 12.8 Å². The Bertz CT molecular complexity index is 333. The number of rotatable bonds is 7. The van der Waals surface area contributed by atoms with Gasteiger partial charge in [0.2, 0.25) is 0 Å². The molecular formula is C12H23NO4P+. The Balaban J connectivity index is 4.63. The van der Waals surface area contributed by atoms with Gasteiger partial charge in [-0.25, -0.2) is 4.79 Å². The largest absolute Gasteiger partial charge is 0.628 e. The summed E-state index contributed by atoms with van der Waals surface area (Å²) >= 11 is 0.